The van der Waals surface area contributed by atoms with Crippen LogP contribution in [-0.2, 0) is 0 Å². The first-order chi connectivity index (χ1) is 9.36. The highest BCUT2D eigenvalue weighted by atomic mass is 35.5. The van der Waals surface area contributed by atoms with Gasteiger partial charge in [-0.1, -0.05) is 43.5 Å². The third kappa shape index (κ3) is 3.04. The second-order valence-electron chi connectivity index (χ2n) is 5.82. The number of amides is 1. The number of nitrogen functional groups attached to an aromatic ring is 1. The van der Waals surface area contributed by atoms with Gasteiger partial charge >= 0.3 is 0 Å². The molecule has 5 heteroatoms. The molecule has 1 fully saturated rings. The van der Waals surface area contributed by atoms with Gasteiger partial charge in [0.15, 0.2) is 0 Å². The predicted octanol–water partition coefficient (Wildman–Crippen LogP) is 4.23. The van der Waals surface area contributed by atoms with Crippen molar-refractivity contribution in [1.29, 1.82) is 0 Å². The van der Waals surface area contributed by atoms with Crippen LogP contribution >= 0.6 is 23.2 Å². The van der Waals surface area contributed by atoms with E-state index in [1.165, 1.54) is 0 Å². The van der Waals surface area contributed by atoms with E-state index in [4.69, 9.17) is 28.9 Å². The maximum atomic E-state index is 12.6. The van der Waals surface area contributed by atoms with Gasteiger partial charge in [-0.15, -0.1) is 0 Å². The number of hydrogen-bond acceptors (Lipinski definition) is 2. The van der Waals surface area contributed by atoms with Crippen LogP contribution in [0.4, 0.5) is 5.69 Å². The molecule has 1 amide bonds. The molecule has 0 aromatic heterocycles. The molecule has 0 atom stereocenters. The monoisotopic (exact) mass is 314 g/mol. The number of nitrogens with zero attached hydrogens (tertiary/aromatic N) is 1. The zero-order valence-electron chi connectivity index (χ0n) is 11.9. The van der Waals surface area contributed by atoms with Crippen molar-refractivity contribution >= 4 is 34.8 Å². The van der Waals surface area contributed by atoms with E-state index in [1.54, 1.807) is 12.1 Å². The summed E-state index contributed by atoms with van der Waals surface area (Å²) in [5.74, 6) is -0.0812. The number of rotatable bonds is 2. The van der Waals surface area contributed by atoms with Crippen LogP contribution < -0.4 is 5.73 Å². The van der Waals surface area contributed by atoms with Gasteiger partial charge in [-0.2, -0.15) is 0 Å². The van der Waals surface area contributed by atoms with Crippen LogP contribution in [-0.4, -0.2) is 23.9 Å². The highest BCUT2D eigenvalue weighted by Gasteiger charge is 2.31. The Hall–Kier alpha value is -0.930. The van der Waals surface area contributed by atoms with E-state index < -0.39 is 0 Å². The van der Waals surface area contributed by atoms with Crippen LogP contribution in [0, 0.1) is 5.41 Å². The van der Waals surface area contributed by atoms with Crippen molar-refractivity contribution in [3.05, 3.63) is 27.7 Å². The number of nitrogens with two attached hydrogens (primary N) is 1. The summed E-state index contributed by atoms with van der Waals surface area (Å²) in [4.78, 5) is 14.4. The minimum Gasteiger partial charge on any atom is -0.399 e. The summed E-state index contributed by atoms with van der Waals surface area (Å²) in [5, 5.41) is 0.611. The molecule has 0 unspecified atom stereocenters. The second-order valence-corrected chi connectivity index (χ2v) is 6.61. The van der Waals surface area contributed by atoms with E-state index in [9.17, 15) is 4.79 Å². The molecule has 1 aromatic rings. The fourth-order valence-electron chi connectivity index (χ4n) is 2.54. The van der Waals surface area contributed by atoms with Gasteiger partial charge in [0.2, 0.25) is 0 Å². The van der Waals surface area contributed by atoms with Crippen molar-refractivity contribution in [2.75, 3.05) is 18.8 Å². The topological polar surface area (TPSA) is 46.3 Å². The van der Waals surface area contributed by atoms with Crippen molar-refractivity contribution in [2.45, 2.75) is 33.1 Å². The molecule has 1 aliphatic heterocycles. The Morgan fingerprint density at radius 3 is 2.50 bits per heavy atom. The number of likely N-dealkylation sites (tertiary alicyclic amines) is 1. The van der Waals surface area contributed by atoms with Gasteiger partial charge in [-0.25, -0.2) is 0 Å². The first-order valence-corrected chi connectivity index (χ1v) is 7.66. The highest BCUT2D eigenvalue weighted by molar-refractivity contribution is 6.44. The van der Waals surface area contributed by atoms with Crippen molar-refractivity contribution in [1.82, 2.24) is 4.90 Å². The standard InChI is InChI=1S/C15H20Cl2N2O/c1-3-15(2)4-6-19(7-5-15)14(20)11-8-10(18)9-12(16)13(11)17/h8-9H,3-7,18H2,1-2H3. The van der Waals surface area contributed by atoms with E-state index in [1.807, 2.05) is 4.90 Å². The molecule has 0 aliphatic carbocycles. The Labute approximate surface area is 130 Å². The zero-order valence-corrected chi connectivity index (χ0v) is 13.4. The summed E-state index contributed by atoms with van der Waals surface area (Å²) >= 11 is 12.1. The molecule has 2 rings (SSSR count). The molecule has 0 bridgehead atoms. The summed E-state index contributed by atoms with van der Waals surface area (Å²) in [7, 11) is 0. The Morgan fingerprint density at radius 2 is 1.95 bits per heavy atom. The normalized spacial score (nSPS) is 18.1. The fourth-order valence-corrected chi connectivity index (χ4v) is 2.96. The second kappa shape index (κ2) is 5.82. The summed E-state index contributed by atoms with van der Waals surface area (Å²) in [6.07, 6.45) is 3.17. The molecule has 110 valence electrons. The number of piperidine rings is 1. The maximum Gasteiger partial charge on any atom is 0.255 e. The molecule has 1 aromatic carbocycles. The number of carbonyl (C=O) groups excluding carboxylic acids is 1. The van der Waals surface area contributed by atoms with Gasteiger partial charge < -0.3 is 10.6 Å². The fraction of sp³-hybridized carbons (Fsp3) is 0.533. The lowest BCUT2D eigenvalue weighted by molar-refractivity contribution is 0.0600. The van der Waals surface area contributed by atoms with E-state index in [2.05, 4.69) is 13.8 Å². The van der Waals surface area contributed by atoms with E-state index in [0.717, 1.165) is 32.4 Å². The smallest absolute Gasteiger partial charge is 0.255 e. The minimum atomic E-state index is -0.0812. The lowest BCUT2D eigenvalue weighted by atomic mass is 9.78. The Morgan fingerprint density at radius 1 is 1.35 bits per heavy atom. The van der Waals surface area contributed by atoms with Gasteiger partial charge in [-0.05, 0) is 30.4 Å². The largest absolute Gasteiger partial charge is 0.399 e. The van der Waals surface area contributed by atoms with E-state index >= 15 is 0 Å². The average molecular weight is 315 g/mol. The SMILES string of the molecule is CCC1(C)CCN(C(=O)c2cc(N)cc(Cl)c2Cl)CC1. The van der Waals surface area contributed by atoms with Crippen LogP contribution in [0.15, 0.2) is 12.1 Å². The first-order valence-electron chi connectivity index (χ1n) is 6.90. The van der Waals surface area contributed by atoms with Crippen molar-refractivity contribution in [2.24, 2.45) is 5.41 Å². The molecule has 20 heavy (non-hydrogen) atoms. The van der Waals surface area contributed by atoms with Gasteiger partial charge in [0.25, 0.3) is 5.91 Å². The predicted molar refractivity (Wildman–Crippen MR) is 84.4 cm³/mol. The Kier molecular flexibility index (Phi) is 4.50. The third-order valence-corrected chi connectivity index (χ3v) is 5.19. The van der Waals surface area contributed by atoms with Crippen LogP contribution in [0.5, 0.6) is 0 Å². The molecule has 3 nitrogen and oxygen atoms in total. The number of halogens is 2. The molecule has 2 N–H and O–H groups in total. The Bertz CT molecular complexity index is 523. The van der Waals surface area contributed by atoms with Gasteiger partial charge in [0.1, 0.15) is 0 Å². The van der Waals surface area contributed by atoms with Crippen molar-refractivity contribution < 1.29 is 4.79 Å². The lowest BCUT2D eigenvalue weighted by Gasteiger charge is -2.39. The van der Waals surface area contributed by atoms with Gasteiger partial charge in [0, 0.05) is 18.8 Å². The average Bonchev–Trinajstić information content (AvgIpc) is 2.43. The molecule has 0 saturated carbocycles. The summed E-state index contributed by atoms with van der Waals surface area (Å²) < 4.78 is 0. The van der Waals surface area contributed by atoms with Gasteiger partial charge in [0.05, 0.1) is 15.6 Å². The molecular weight excluding hydrogens is 295 g/mol. The van der Waals surface area contributed by atoms with Crippen molar-refractivity contribution in [3.8, 4) is 0 Å². The van der Waals surface area contributed by atoms with Crippen LogP contribution in [0.1, 0.15) is 43.5 Å². The van der Waals surface area contributed by atoms with Gasteiger partial charge in [-0.3, -0.25) is 4.79 Å². The highest BCUT2D eigenvalue weighted by Crippen LogP contribution is 2.35. The third-order valence-electron chi connectivity index (χ3n) is 4.39. The molecule has 0 spiro atoms. The number of anilines is 1. The van der Waals surface area contributed by atoms with E-state index in [0.29, 0.717) is 21.7 Å². The molecule has 1 saturated heterocycles. The molecule has 0 radical (unpaired) electrons. The summed E-state index contributed by atoms with van der Waals surface area (Å²) in [6.45, 7) is 5.99. The molecular formula is C15H20Cl2N2O. The van der Waals surface area contributed by atoms with Crippen LogP contribution in [0.2, 0.25) is 10.0 Å². The molecule has 1 aliphatic rings. The number of hydrogen-bond donors (Lipinski definition) is 1. The van der Waals surface area contributed by atoms with E-state index in [-0.39, 0.29) is 10.9 Å². The number of carbonyl (C=O) groups is 1. The number of benzene rings is 1. The van der Waals surface area contributed by atoms with Crippen LogP contribution in [0.25, 0.3) is 0 Å². The first kappa shape index (κ1) is 15.5. The van der Waals surface area contributed by atoms with Crippen LogP contribution in [0.3, 0.4) is 0 Å². The summed E-state index contributed by atoms with van der Waals surface area (Å²) in [5.41, 5.74) is 6.94. The minimum absolute atomic E-state index is 0.0812. The van der Waals surface area contributed by atoms with Crippen molar-refractivity contribution in [3.63, 3.8) is 0 Å². The summed E-state index contributed by atoms with van der Waals surface area (Å²) in [6, 6.07) is 3.16. The molecule has 1 heterocycles. The maximum absolute atomic E-state index is 12.6. The quantitative estimate of drug-likeness (QED) is 0.830. The zero-order chi connectivity index (χ0) is 14.9. The lowest BCUT2D eigenvalue weighted by Crippen LogP contribution is -2.42. The Balaban J connectivity index is 2.18.